The number of nitrogens with one attached hydrogen (secondary N) is 1. The van der Waals surface area contributed by atoms with E-state index in [0.29, 0.717) is 47.2 Å². The number of aryl methyl sites for hydroxylation is 1. The van der Waals surface area contributed by atoms with Crippen molar-refractivity contribution in [2.45, 2.75) is 50.3 Å². The first-order valence-corrected chi connectivity index (χ1v) is 11.8. The Hall–Kier alpha value is -1.37. The second-order valence-corrected chi connectivity index (χ2v) is 10.2. The SMILES string of the molecule is Cc1cc(Cl)ccc1S(=O)(=O)NCC1C2CCC(C2)C1/C=C\CCCC(=O)O. The van der Waals surface area contributed by atoms with Gasteiger partial charge in [0.05, 0.1) is 4.90 Å². The van der Waals surface area contributed by atoms with Crippen molar-refractivity contribution in [3.63, 3.8) is 0 Å². The first-order valence-electron chi connectivity index (χ1n) is 9.92. The number of carboxylic acid groups (broad SMARTS) is 1. The second-order valence-electron chi connectivity index (χ2n) is 8.05. The number of rotatable bonds is 9. The van der Waals surface area contributed by atoms with Gasteiger partial charge in [-0.15, -0.1) is 0 Å². The van der Waals surface area contributed by atoms with Crippen LogP contribution >= 0.6 is 11.6 Å². The number of unbranched alkanes of at least 4 members (excludes halogenated alkanes) is 1. The molecular weight excluding hydrogens is 398 g/mol. The predicted molar refractivity (Wildman–Crippen MR) is 110 cm³/mol. The van der Waals surface area contributed by atoms with E-state index < -0.39 is 16.0 Å². The highest BCUT2D eigenvalue weighted by Gasteiger charge is 2.46. The van der Waals surface area contributed by atoms with Crippen LogP contribution in [0.25, 0.3) is 0 Å². The number of carboxylic acids is 1. The maximum absolute atomic E-state index is 12.8. The van der Waals surface area contributed by atoms with Gasteiger partial charge in [-0.2, -0.15) is 0 Å². The number of benzene rings is 1. The molecule has 5 nitrogen and oxygen atoms in total. The monoisotopic (exact) mass is 425 g/mol. The van der Waals surface area contributed by atoms with Gasteiger partial charge in [0.2, 0.25) is 10.0 Å². The zero-order valence-corrected chi connectivity index (χ0v) is 17.7. The van der Waals surface area contributed by atoms with Crippen molar-refractivity contribution in [3.8, 4) is 0 Å². The van der Waals surface area contributed by atoms with Gasteiger partial charge in [0.15, 0.2) is 0 Å². The molecule has 0 saturated heterocycles. The lowest BCUT2D eigenvalue weighted by atomic mass is 9.79. The molecule has 7 heteroatoms. The van der Waals surface area contributed by atoms with Crippen molar-refractivity contribution < 1.29 is 18.3 Å². The average molecular weight is 426 g/mol. The highest BCUT2D eigenvalue weighted by molar-refractivity contribution is 7.89. The molecule has 4 atom stereocenters. The molecule has 154 valence electrons. The minimum atomic E-state index is -3.57. The van der Waals surface area contributed by atoms with Crippen molar-refractivity contribution in [2.24, 2.45) is 23.7 Å². The summed E-state index contributed by atoms with van der Waals surface area (Å²) in [4.78, 5) is 10.9. The predicted octanol–water partition coefficient (Wildman–Crippen LogP) is 4.40. The fraction of sp³-hybridized carbons (Fsp3) is 0.571. The van der Waals surface area contributed by atoms with Gasteiger partial charge in [0, 0.05) is 18.0 Å². The minimum Gasteiger partial charge on any atom is -0.481 e. The van der Waals surface area contributed by atoms with E-state index in [1.165, 1.54) is 12.8 Å². The Balaban J connectivity index is 1.63. The summed E-state index contributed by atoms with van der Waals surface area (Å²) >= 11 is 5.94. The lowest BCUT2D eigenvalue weighted by Crippen LogP contribution is -2.35. The van der Waals surface area contributed by atoms with Gasteiger partial charge in [-0.3, -0.25) is 4.79 Å². The van der Waals surface area contributed by atoms with E-state index in [9.17, 15) is 13.2 Å². The smallest absolute Gasteiger partial charge is 0.303 e. The number of aliphatic carboxylic acids is 1. The molecule has 0 amide bonds. The molecule has 1 aromatic carbocycles. The van der Waals surface area contributed by atoms with Crippen LogP contribution in [0.3, 0.4) is 0 Å². The van der Waals surface area contributed by atoms with Crippen molar-refractivity contribution >= 4 is 27.6 Å². The van der Waals surface area contributed by atoms with E-state index in [2.05, 4.69) is 16.9 Å². The van der Waals surface area contributed by atoms with Crippen molar-refractivity contribution in [1.29, 1.82) is 0 Å². The van der Waals surface area contributed by atoms with Crippen LogP contribution in [0.4, 0.5) is 0 Å². The number of allylic oxidation sites excluding steroid dienone is 2. The molecule has 0 aromatic heterocycles. The fourth-order valence-corrected chi connectivity index (χ4v) is 6.40. The lowest BCUT2D eigenvalue weighted by Gasteiger charge is -2.29. The Kier molecular flexibility index (Phi) is 6.84. The van der Waals surface area contributed by atoms with Crippen LogP contribution in [0.1, 0.15) is 44.1 Å². The van der Waals surface area contributed by atoms with Crippen LogP contribution < -0.4 is 4.72 Å². The van der Waals surface area contributed by atoms with E-state index in [1.54, 1.807) is 25.1 Å². The summed E-state index contributed by atoms with van der Waals surface area (Å²) in [5.74, 6) is 1.09. The minimum absolute atomic E-state index is 0.185. The standard InChI is InChI=1S/C21H28ClNO4S/c1-14-11-17(22)9-10-20(14)28(26,27)23-13-19-16-8-7-15(12-16)18(19)5-3-2-4-6-21(24)25/h3,5,9-11,15-16,18-19,23H,2,4,6-8,12-13H2,1H3,(H,24,25)/b5-3-. The molecule has 2 saturated carbocycles. The van der Waals surface area contributed by atoms with Gasteiger partial charge in [0.25, 0.3) is 0 Å². The summed E-state index contributed by atoms with van der Waals surface area (Å²) in [5.41, 5.74) is 0.641. The largest absolute Gasteiger partial charge is 0.481 e. The molecule has 3 rings (SSSR count). The molecule has 2 fully saturated rings. The van der Waals surface area contributed by atoms with Crippen molar-refractivity contribution in [3.05, 3.63) is 40.9 Å². The van der Waals surface area contributed by atoms with E-state index in [0.717, 1.165) is 12.8 Å². The van der Waals surface area contributed by atoms with E-state index in [-0.39, 0.29) is 11.3 Å². The fourth-order valence-electron chi connectivity index (χ4n) is 4.88. The van der Waals surface area contributed by atoms with Crippen LogP contribution in [0.15, 0.2) is 35.2 Å². The Bertz CT molecular complexity index is 852. The number of sulfonamides is 1. The maximum atomic E-state index is 12.8. The normalized spacial score (nSPS) is 26.9. The Morgan fingerprint density at radius 1 is 1.32 bits per heavy atom. The molecule has 2 N–H and O–H groups in total. The van der Waals surface area contributed by atoms with Crippen LogP contribution in [-0.4, -0.2) is 26.0 Å². The quantitative estimate of drug-likeness (QED) is 0.453. The van der Waals surface area contributed by atoms with Crippen LogP contribution in [-0.2, 0) is 14.8 Å². The van der Waals surface area contributed by atoms with Crippen LogP contribution in [0.5, 0.6) is 0 Å². The first kappa shape index (κ1) is 21.3. The maximum Gasteiger partial charge on any atom is 0.303 e. The molecule has 1 aromatic rings. The summed E-state index contributed by atoms with van der Waals surface area (Å²) in [5, 5.41) is 9.26. The lowest BCUT2D eigenvalue weighted by molar-refractivity contribution is -0.137. The second kappa shape index (κ2) is 8.97. The molecule has 0 aliphatic heterocycles. The summed E-state index contributed by atoms with van der Waals surface area (Å²) < 4.78 is 28.4. The number of halogens is 1. The van der Waals surface area contributed by atoms with Gasteiger partial charge in [-0.05, 0) is 86.5 Å². The number of fused-ring (bicyclic) bond motifs is 2. The highest BCUT2D eigenvalue weighted by Crippen LogP contribution is 2.52. The van der Waals surface area contributed by atoms with E-state index in [1.807, 2.05) is 0 Å². The Labute approximate surface area is 172 Å². The third-order valence-corrected chi connectivity index (χ3v) is 8.03. The van der Waals surface area contributed by atoms with E-state index in [4.69, 9.17) is 16.7 Å². The van der Waals surface area contributed by atoms with Gasteiger partial charge in [-0.25, -0.2) is 13.1 Å². The third kappa shape index (κ3) is 4.97. The number of carbonyl (C=O) groups is 1. The summed E-state index contributed by atoms with van der Waals surface area (Å²) in [6.07, 6.45) is 9.40. The zero-order chi connectivity index (χ0) is 20.3. The van der Waals surface area contributed by atoms with Gasteiger partial charge in [0.1, 0.15) is 0 Å². The summed E-state index contributed by atoms with van der Waals surface area (Å²) in [6, 6.07) is 4.82. The molecule has 4 unspecified atom stereocenters. The molecule has 0 radical (unpaired) electrons. The molecule has 0 spiro atoms. The number of hydrogen-bond donors (Lipinski definition) is 2. The first-order chi connectivity index (χ1) is 13.3. The van der Waals surface area contributed by atoms with Gasteiger partial charge >= 0.3 is 5.97 Å². The van der Waals surface area contributed by atoms with Gasteiger partial charge in [-0.1, -0.05) is 23.8 Å². The Morgan fingerprint density at radius 2 is 2.07 bits per heavy atom. The molecule has 2 aliphatic rings. The summed E-state index contributed by atoms with van der Waals surface area (Å²) in [7, 11) is -3.57. The molecule has 0 heterocycles. The number of hydrogen-bond acceptors (Lipinski definition) is 3. The van der Waals surface area contributed by atoms with Crippen LogP contribution in [0, 0.1) is 30.6 Å². The average Bonchev–Trinajstić information content (AvgIpc) is 3.20. The molecule has 28 heavy (non-hydrogen) atoms. The van der Waals surface area contributed by atoms with Crippen molar-refractivity contribution in [1.82, 2.24) is 4.72 Å². The Morgan fingerprint density at radius 3 is 2.79 bits per heavy atom. The van der Waals surface area contributed by atoms with Gasteiger partial charge < -0.3 is 5.11 Å². The van der Waals surface area contributed by atoms with E-state index >= 15 is 0 Å². The highest BCUT2D eigenvalue weighted by atomic mass is 35.5. The van der Waals surface area contributed by atoms with Crippen LogP contribution in [0.2, 0.25) is 5.02 Å². The molecule has 2 aliphatic carbocycles. The molecule has 2 bridgehead atoms. The summed E-state index contributed by atoms with van der Waals surface area (Å²) in [6.45, 7) is 2.19. The topological polar surface area (TPSA) is 83.5 Å². The van der Waals surface area contributed by atoms with Crippen molar-refractivity contribution in [2.75, 3.05) is 6.54 Å². The third-order valence-electron chi connectivity index (χ3n) is 6.21. The molecular formula is C21H28ClNO4S. The zero-order valence-electron chi connectivity index (χ0n) is 16.1.